The maximum Gasteiger partial charge on any atom is 0.328 e. The van der Waals surface area contributed by atoms with Crippen LogP contribution in [0.2, 0.25) is 0 Å². The van der Waals surface area contributed by atoms with E-state index in [1.807, 2.05) is 0 Å². The topological polar surface area (TPSA) is 40.5 Å². The van der Waals surface area contributed by atoms with Crippen LogP contribution in [0, 0.1) is 5.92 Å². The number of hydrogen-bond acceptors (Lipinski definition) is 2. The lowest BCUT2D eigenvalue weighted by molar-refractivity contribution is -0.145. The first-order valence-corrected chi connectivity index (χ1v) is 5.94. The SMILES string of the molecule is Cl.O=C(O)[C@@]12CCCN1C[C@H]1CCCC=C12. The van der Waals surface area contributed by atoms with Gasteiger partial charge in [0.15, 0.2) is 0 Å². The third kappa shape index (κ3) is 1.34. The highest BCUT2D eigenvalue weighted by Crippen LogP contribution is 2.49. The van der Waals surface area contributed by atoms with Crippen LogP contribution >= 0.6 is 12.4 Å². The molecule has 3 rings (SSSR count). The van der Waals surface area contributed by atoms with Gasteiger partial charge in [0.1, 0.15) is 5.54 Å². The van der Waals surface area contributed by atoms with Crippen molar-refractivity contribution < 1.29 is 9.90 Å². The molecule has 0 bridgehead atoms. The second-order valence-corrected chi connectivity index (χ2v) is 5.00. The number of carboxylic acids is 1. The summed E-state index contributed by atoms with van der Waals surface area (Å²) in [6.45, 7) is 1.96. The number of carboxylic acid groups (broad SMARTS) is 1. The van der Waals surface area contributed by atoms with Crippen LogP contribution in [0.5, 0.6) is 0 Å². The van der Waals surface area contributed by atoms with Crippen molar-refractivity contribution >= 4 is 18.4 Å². The summed E-state index contributed by atoms with van der Waals surface area (Å²) in [4.78, 5) is 13.8. The van der Waals surface area contributed by atoms with Crippen LogP contribution in [0.25, 0.3) is 0 Å². The second kappa shape index (κ2) is 4.04. The highest BCUT2D eigenvalue weighted by atomic mass is 35.5. The molecule has 0 saturated carbocycles. The van der Waals surface area contributed by atoms with Crippen LogP contribution in [0.4, 0.5) is 0 Å². The third-order valence-electron chi connectivity index (χ3n) is 4.34. The predicted molar refractivity (Wildman–Crippen MR) is 63.8 cm³/mol. The number of hydrogen-bond donors (Lipinski definition) is 1. The van der Waals surface area contributed by atoms with Gasteiger partial charge in [0, 0.05) is 6.54 Å². The van der Waals surface area contributed by atoms with Gasteiger partial charge in [-0.2, -0.15) is 0 Å². The molecule has 2 aliphatic heterocycles. The number of fused-ring (bicyclic) bond motifs is 3. The minimum Gasteiger partial charge on any atom is -0.480 e. The van der Waals surface area contributed by atoms with Crippen LogP contribution < -0.4 is 0 Å². The maximum absolute atomic E-state index is 11.6. The lowest BCUT2D eigenvalue weighted by Gasteiger charge is -2.29. The van der Waals surface area contributed by atoms with E-state index in [4.69, 9.17) is 0 Å². The van der Waals surface area contributed by atoms with Gasteiger partial charge in [0.2, 0.25) is 0 Å². The van der Waals surface area contributed by atoms with Crippen molar-refractivity contribution in [2.45, 2.75) is 37.6 Å². The van der Waals surface area contributed by atoms with E-state index < -0.39 is 11.5 Å². The predicted octanol–water partition coefficient (Wildman–Crippen LogP) is 2.07. The molecule has 0 aromatic rings. The first kappa shape index (κ1) is 11.9. The van der Waals surface area contributed by atoms with Crippen molar-refractivity contribution in [3.8, 4) is 0 Å². The Morgan fingerprint density at radius 3 is 3.06 bits per heavy atom. The monoisotopic (exact) mass is 243 g/mol. The molecule has 0 aromatic heterocycles. The van der Waals surface area contributed by atoms with Crippen LogP contribution in [-0.4, -0.2) is 34.6 Å². The molecular formula is C12H18ClNO2. The summed E-state index contributed by atoms with van der Waals surface area (Å²) < 4.78 is 0. The Hall–Kier alpha value is -0.540. The average Bonchev–Trinajstić information content (AvgIpc) is 2.73. The first-order chi connectivity index (χ1) is 7.25. The molecule has 2 saturated heterocycles. The number of carbonyl (C=O) groups is 1. The molecule has 4 heteroatoms. The van der Waals surface area contributed by atoms with E-state index in [1.165, 1.54) is 18.4 Å². The molecule has 1 N–H and O–H groups in total. The summed E-state index contributed by atoms with van der Waals surface area (Å²) in [5.41, 5.74) is 0.643. The van der Waals surface area contributed by atoms with Crippen molar-refractivity contribution in [1.29, 1.82) is 0 Å². The van der Waals surface area contributed by atoms with Gasteiger partial charge < -0.3 is 5.11 Å². The summed E-state index contributed by atoms with van der Waals surface area (Å²) in [7, 11) is 0. The molecular weight excluding hydrogens is 226 g/mol. The van der Waals surface area contributed by atoms with Gasteiger partial charge in [-0.15, -0.1) is 12.4 Å². The van der Waals surface area contributed by atoms with E-state index in [0.717, 1.165) is 32.4 Å². The van der Waals surface area contributed by atoms with E-state index in [2.05, 4.69) is 11.0 Å². The van der Waals surface area contributed by atoms with Crippen molar-refractivity contribution in [2.75, 3.05) is 13.1 Å². The minimum atomic E-state index is -0.615. The van der Waals surface area contributed by atoms with Crippen molar-refractivity contribution in [1.82, 2.24) is 4.90 Å². The fourth-order valence-electron chi connectivity index (χ4n) is 3.72. The zero-order valence-electron chi connectivity index (χ0n) is 9.32. The smallest absolute Gasteiger partial charge is 0.328 e. The Morgan fingerprint density at radius 1 is 1.50 bits per heavy atom. The zero-order valence-corrected chi connectivity index (χ0v) is 10.1. The Morgan fingerprint density at radius 2 is 2.31 bits per heavy atom. The first-order valence-electron chi connectivity index (χ1n) is 5.94. The molecule has 0 aromatic carbocycles. The largest absolute Gasteiger partial charge is 0.480 e. The number of allylic oxidation sites excluding steroid dienone is 1. The van der Waals surface area contributed by atoms with Crippen LogP contribution in [0.1, 0.15) is 32.1 Å². The standard InChI is InChI=1S/C12H17NO2.ClH/c14-11(15)12-6-3-7-13(12)8-9-4-1-2-5-10(9)12;/h5,9H,1-4,6-8H2,(H,14,15);1H/t9-,12+;/m1./s1. The minimum absolute atomic E-state index is 0. The fraction of sp³-hybridized carbons (Fsp3) is 0.750. The van der Waals surface area contributed by atoms with Gasteiger partial charge in [-0.3, -0.25) is 4.90 Å². The summed E-state index contributed by atoms with van der Waals surface area (Å²) in [5.74, 6) is -0.0780. The Labute approximate surface area is 102 Å². The number of nitrogens with zero attached hydrogens (tertiary/aromatic N) is 1. The summed E-state index contributed by atoms with van der Waals surface area (Å²) in [5, 5.41) is 9.53. The Balaban J connectivity index is 0.000000963. The molecule has 1 aliphatic carbocycles. The second-order valence-electron chi connectivity index (χ2n) is 5.00. The van der Waals surface area contributed by atoms with Crippen LogP contribution in [0.3, 0.4) is 0 Å². The van der Waals surface area contributed by atoms with Gasteiger partial charge in [-0.05, 0) is 50.1 Å². The van der Waals surface area contributed by atoms with Gasteiger partial charge >= 0.3 is 5.97 Å². The van der Waals surface area contributed by atoms with Crippen LogP contribution in [0.15, 0.2) is 11.6 Å². The molecule has 0 spiro atoms. The molecule has 0 radical (unpaired) electrons. The van der Waals surface area contributed by atoms with E-state index >= 15 is 0 Å². The Kier molecular flexibility index (Phi) is 3.01. The van der Waals surface area contributed by atoms with Crippen molar-refractivity contribution in [3.05, 3.63) is 11.6 Å². The van der Waals surface area contributed by atoms with Crippen molar-refractivity contribution in [3.63, 3.8) is 0 Å². The van der Waals surface area contributed by atoms with E-state index in [9.17, 15) is 9.90 Å². The van der Waals surface area contributed by atoms with Crippen molar-refractivity contribution in [2.24, 2.45) is 5.92 Å². The van der Waals surface area contributed by atoms with E-state index in [0.29, 0.717) is 5.92 Å². The average molecular weight is 244 g/mol. The fourth-order valence-corrected chi connectivity index (χ4v) is 3.72. The summed E-state index contributed by atoms with van der Waals surface area (Å²) >= 11 is 0. The zero-order chi connectivity index (χ0) is 10.5. The molecule has 2 fully saturated rings. The molecule has 90 valence electrons. The van der Waals surface area contributed by atoms with Crippen LogP contribution in [-0.2, 0) is 4.79 Å². The van der Waals surface area contributed by atoms with E-state index in [1.54, 1.807) is 0 Å². The van der Waals surface area contributed by atoms with Gasteiger partial charge in [-0.1, -0.05) is 6.08 Å². The third-order valence-corrected chi connectivity index (χ3v) is 4.34. The number of aliphatic carboxylic acids is 1. The Bertz CT molecular complexity index is 342. The molecule has 2 atom stereocenters. The summed E-state index contributed by atoms with van der Waals surface area (Å²) in [6, 6.07) is 0. The molecule has 3 nitrogen and oxygen atoms in total. The normalized spacial score (nSPS) is 37.2. The van der Waals surface area contributed by atoms with Gasteiger partial charge in [0.05, 0.1) is 0 Å². The molecule has 3 aliphatic rings. The van der Waals surface area contributed by atoms with Gasteiger partial charge in [-0.25, -0.2) is 4.79 Å². The highest BCUT2D eigenvalue weighted by Gasteiger charge is 2.57. The van der Waals surface area contributed by atoms with Gasteiger partial charge in [0.25, 0.3) is 0 Å². The number of halogens is 1. The molecule has 16 heavy (non-hydrogen) atoms. The summed E-state index contributed by atoms with van der Waals surface area (Å²) in [6.07, 6.45) is 7.58. The lowest BCUT2D eigenvalue weighted by Crippen LogP contribution is -2.47. The number of rotatable bonds is 1. The quantitative estimate of drug-likeness (QED) is 0.717. The van der Waals surface area contributed by atoms with E-state index in [-0.39, 0.29) is 12.4 Å². The molecule has 0 unspecified atom stereocenters. The highest BCUT2D eigenvalue weighted by molar-refractivity contribution is 5.85. The lowest BCUT2D eigenvalue weighted by atomic mass is 9.79. The molecule has 2 heterocycles. The maximum atomic E-state index is 11.6. The molecule has 0 amide bonds.